The van der Waals surface area contributed by atoms with Crippen molar-refractivity contribution in [1.82, 2.24) is 15.1 Å². The third-order valence-electron chi connectivity index (χ3n) is 5.61. The van der Waals surface area contributed by atoms with Crippen molar-refractivity contribution in [3.8, 4) is 0 Å². The van der Waals surface area contributed by atoms with Crippen LogP contribution in [-0.2, 0) is 29.3 Å². The minimum Gasteiger partial charge on any atom is -0.422 e. The molecule has 8 nitrogen and oxygen atoms in total. The Kier molecular flexibility index (Phi) is 6.18. The predicted octanol–water partition coefficient (Wildman–Crippen LogP) is 3.35. The average molecular weight is 475 g/mol. The number of carbonyl (C=O) groups excluding carboxylic acids is 2. The Morgan fingerprint density at radius 3 is 2.71 bits per heavy atom. The van der Waals surface area contributed by atoms with Gasteiger partial charge in [-0.2, -0.15) is 16.9 Å². The second kappa shape index (κ2) is 9.56. The number of hydrogen-bond donors (Lipinski definition) is 2. The molecule has 0 spiro atoms. The van der Waals surface area contributed by atoms with Gasteiger partial charge >= 0.3 is 5.63 Å². The second-order valence-corrected chi connectivity index (χ2v) is 8.93. The number of nitrogens with zero attached hydrogens (tertiary/aromatic N) is 2. The Balaban J connectivity index is 1.32. The minimum atomic E-state index is -0.716. The van der Waals surface area contributed by atoms with Gasteiger partial charge < -0.3 is 15.1 Å². The Bertz CT molecular complexity index is 1430. The van der Waals surface area contributed by atoms with Crippen molar-refractivity contribution in [3.05, 3.63) is 93.5 Å². The first-order valence-corrected chi connectivity index (χ1v) is 12.0. The Labute approximate surface area is 199 Å². The first-order valence-electron chi connectivity index (χ1n) is 10.9. The number of rotatable bonds is 7. The van der Waals surface area contributed by atoms with Crippen LogP contribution in [0.4, 0.5) is 5.82 Å². The molecule has 2 aromatic heterocycles. The number of para-hydroxylation sites is 1. The summed E-state index contributed by atoms with van der Waals surface area (Å²) < 4.78 is 6.80. The number of anilines is 1. The normalized spacial score (nSPS) is 12.5. The highest BCUT2D eigenvalue weighted by Gasteiger charge is 2.26. The van der Waals surface area contributed by atoms with Gasteiger partial charge in [-0.25, -0.2) is 9.48 Å². The number of amides is 2. The summed E-state index contributed by atoms with van der Waals surface area (Å²) in [5, 5.41) is 10.9. The average Bonchev–Trinajstić information content (AvgIpc) is 3.41. The van der Waals surface area contributed by atoms with Crippen molar-refractivity contribution in [3.63, 3.8) is 0 Å². The van der Waals surface area contributed by atoms with Crippen molar-refractivity contribution in [2.75, 3.05) is 11.9 Å². The van der Waals surface area contributed by atoms with Crippen LogP contribution in [0.15, 0.2) is 69.9 Å². The fourth-order valence-electron chi connectivity index (χ4n) is 3.90. The zero-order chi connectivity index (χ0) is 23.5. The summed E-state index contributed by atoms with van der Waals surface area (Å²) in [5.41, 5.74) is 2.45. The maximum absolute atomic E-state index is 13.0. The number of aromatic nitrogens is 2. The first-order chi connectivity index (χ1) is 16.6. The van der Waals surface area contributed by atoms with Gasteiger partial charge in [0.05, 0.1) is 5.69 Å². The van der Waals surface area contributed by atoms with Gasteiger partial charge in [0.25, 0.3) is 5.91 Å². The van der Waals surface area contributed by atoms with E-state index in [1.807, 2.05) is 30.3 Å². The van der Waals surface area contributed by atoms with Gasteiger partial charge in [-0.05, 0) is 24.1 Å². The van der Waals surface area contributed by atoms with E-state index in [0.717, 1.165) is 23.2 Å². The molecule has 2 amide bonds. The summed E-state index contributed by atoms with van der Waals surface area (Å²) in [7, 11) is 0. The molecule has 0 unspecified atom stereocenters. The highest BCUT2D eigenvalue weighted by Crippen LogP contribution is 2.34. The quantitative estimate of drug-likeness (QED) is 0.398. The molecule has 1 aliphatic heterocycles. The van der Waals surface area contributed by atoms with E-state index >= 15 is 0 Å². The molecule has 2 N–H and O–H groups in total. The van der Waals surface area contributed by atoms with Crippen LogP contribution in [0.3, 0.4) is 0 Å². The van der Waals surface area contributed by atoms with Crippen molar-refractivity contribution in [1.29, 1.82) is 0 Å². The Morgan fingerprint density at radius 2 is 1.85 bits per heavy atom. The standard InChI is InChI=1S/C25H22N4O4S/c30-22(26-11-10-16-6-2-1-3-7-16)13-29-23(19-14-34-15-20(19)28-29)27-24(31)18-12-17-8-4-5-9-21(17)33-25(18)32/h1-9,12H,10-11,13-15H2,(H,26,30)(H,27,31). The molecular formula is C25H22N4O4S. The number of carbonyl (C=O) groups is 2. The van der Waals surface area contributed by atoms with Gasteiger partial charge in [-0.15, -0.1) is 0 Å². The number of hydrogen-bond acceptors (Lipinski definition) is 6. The summed E-state index contributed by atoms with van der Waals surface area (Å²) in [6.45, 7) is 0.466. The highest BCUT2D eigenvalue weighted by molar-refractivity contribution is 7.98. The molecule has 3 heterocycles. The molecule has 2 aromatic carbocycles. The van der Waals surface area contributed by atoms with Crippen molar-refractivity contribution in [2.24, 2.45) is 0 Å². The lowest BCUT2D eigenvalue weighted by molar-refractivity contribution is -0.121. The molecule has 0 bridgehead atoms. The number of thioether (sulfide) groups is 1. The zero-order valence-electron chi connectivity index (χ0n) is 18.2. The maximum atomic E-state index is 13.0. The van der Waals surface area contributed by atoms with Crippen LogP contribution in [0.2, 0.25) is 0 Å². The molecule has 0 radical (unpaired) electrons. The summed E-state index contributed by atoms with van der Waals surface area (Å²) >= 11 is 1.68. The second-order valence-electron chi connectivity index (χ2n) is 7.95. The third-order valence-corrected chi connectivity index (χ3v) is 6.58. The summed E-state index contributed by atoms with van der Waals surface area (Å²) in [6, 6.07) is 18.4. The number of fused-ring (bicyclic) bond motifs is 2. The van der Waals surface area contributed by atoms with Crippen molar-refractivity contribution < 1.29 is 14.0 Å². The van der Waals surface area contributed by atoms with E-state index in [0.29, 0.717) is 34.8 Å². The van der Waals surface area contributed by atoms with Crippen LogP contribution in [0, 0.1) is 0 Å². The predicted molar refractivity (Wildman–Crippen MR) is 131 cm³/mol. The SMILES string of the molecule is O=C(Cn1nc2c(c1NC(=O)c1cc3ccccc3oc1=O)CSC2)NCCc1ccccc1. The first kappa shape index (κ1) is 22.0. The molecule has 0 atom stereocenters. The Hall–Kier alpha value is -3.85. The Morgan fingerprint density at radius 1 is 1.06 bits per heavy atom. The molecule has 4 aromatic rings. The highest BCUT2D eigenvalue weighted by atomic mass is 32.2. The van der Waals surface area contributed by atoms with E-state index in [1.165, 1.54) is 10.7 Å². The number of benzene rings is 2. The lowest BCUT2D eigenvalue weighted by Gasteiger charge is -2.11. The van der Waals surface area contributed by atoms with Gasteiger partial charge in [0.2, 0.25) is 5.91 Å². The van der Waals surface area contributed by atoms with Crippen LogP contribution >= 0.6 is 11.8 Å². The molecule has 1 aliphatic rings. The van der Waals surface area contributed by atoms with Crippen LogP contribution < -0.4 is 16.3 Å². The van der Waals surface area contributed by atoms with Crippen LogP contribution in [0.5, 0.6) is 0 Å². The summed E-state index contributed by atoms with van der Waals surface area (Å²) in [5.74, 6) is 1.03. The smallest absolute Gasteiger partial charge is 0.349 e. The lowest BCUT2D eigenvalue weighted by atomic mass is 10.1. The van der Waals surface area contributed by atoms with E-state index in [4.69, 9.17) is 4.42 Å². The van der Waals surface area contributed by atoms with Gasteiger partial charge in [-0.1, -0.05) is 48.5 Å². The maximum Gasteiger partial charge on any atom is 0.349 e. The van der Waals surface area contributed by atoms with E-state index in [1.54, 1.807) is 36.0 Å². The monoisotopic (exact) mass is 474 g/mol. The van der Waals surface area contributed by atoms with Gasteiger partial charge in [0.1, 0.15) is 23.5 Å². The molecule has 34 heavy (non-hydrogen) atoms. The zero-order valence-corrected chi connectivity index (χ0v) is 19.1. The number of nitrogens with one attached hydrogen (secondary N) is 2. The third kappa shape index (κ3) is 4.60. The summed E-state index contributed by atoms with van der Waals surface area (Å²) in [4.78, 5) is 38.0. The lowest BCUT2D eigenvalue weighted by Crippen LogP contribution is -2.31. The largest absolute Gasteiger partial charge is 0.422 e. The van der Waals surface area contributed by atoms with Crippen LogP contribution in [-0.4, -0.2) is 28.1 Å². The molecular weight excluding hydrogens is 452 g/mol. The van der Waals surface area contributed by atoms with Crippen LogP contribution in [0.25, 0.3) is 11.0 Å². The molecule has 0 fully saturated rings. The van der Waals surface area contributed by atoms with Crippen molar-refractivity contribution >= 4 is 40.4 Å². The van der Waals surface area contributed by atoms with E-state index in [-0.39, 0.29) is 18.0 Å². The van der Waals surface area contributed by atoms with E-state index < -0.39 is 11.5 Å². The molecule has 172 valence electrons. The fourth-order valence-corrected chi connectivity index (χ4v) is 4.93. The minimum absolute atomic E-state index is 0.0333. The molecule has 0 aliphatic carbocycles. The van der Waals surface area contributed by atoms with Gasteiger partial charge in [0, 0.05) is 29.0 Å². The topological polar surface area (TPSA) is 106 Å². The molecule has 0 saturated carbocycles. The summed E-state index contributed by atoms with van der Waals surface area (Å²) in [6.07, 6.45) is 0.722. The fraction of sp³-hybridized carbons (Fsp3) is 0.200. The van der Waals surface area contributed by atoms with Gasteiger partial charge in [-0.3, -0.25) is 9.59 Å². The molecule has 9 heteroatoms. The van der Waals surface area contributed by atoms with Gasteiger partial charge in [0.15, 0.2) is 0 Å². The van der Waals surface area contributed by atoms with Crippen LogP contribution in [0.1, 0.15) is 27.2 Å². The van der Waals surface area contributed by atoms with E-state index in [2.05, 4.69) is 15.7 Å². The van der Waals surface area contributed by atoms with Crippen molar-refractivity contribution in [2.45, 2.75) is 24.5 Å². The van der Waals surface area contributed by atoms with E-state index in [9.17, 15) is 14.4 Å². The molecule has 0 saturated heterocycles. The molecule has 5 rings (SSSR count).